The molecule has 8 aromatic rings. The lowest BCUT2D eigenvalue weighted by molar-refractivity contribution is 1.07. The zero-order valence-corrected chi connectivity index (χ0v) is 21.6. The molecular weight excluding hydrogens is 504 g/mol. The van der Waals surface area contributed by atoms with Gasteiger partial charge < -0.3 is 4.40 Å². The summed E-state index contributed by atoms with van der Waals surface area (Å²) in [6.45, 7) is 0. The fraction of sp³-hybridized carbons (Fsp3) is 0. The number of nitriles is 2. The van der Waals surface area contributed by atoms with Crippen LogP contribution in [-0.4, -0.2) is 19.4 Å². The number of hydrogen-bond acceptors (Lipinski definition) is 5. The normalized spacial score (nSPS) is 11.4. The smallest absolute Gasteiger partial charge is 0.164 e. The van der Waals surface area contributed by atoms with Gasteiger partial charge in [-0.2, -0.15) is 10.5 Å². The van der Waals surface area contributed by atoms with E-state index in [1.54, 1.807) is 0 Å². The van der Waals surface area contributed by atoms with Crippen LogP contribution < -0.4 is 0 Å². The summed E-state index contributed by atoms with van der Waals surface area (Å²) in [5.41, 5.74) is 6.76. The van der Waals surface area contributed by atoms with E-state index in [1.165, 1.54) is 0 Å². The molecule has 0 fully saturated rings. The van der Waals surface area contributed by atoms with Crippen LogP contribution in [0.4, 0.5) is 0 Å². The largest absolute Gasteiger partial charge is 0.308 e. The second kappa shape index (κ2) is 8.71. The van der Waals surface area contributed by atoms with E-state index in [9.17, 15) is 10.5 Å². The molecular formula is C35H18N6. The van der Waals surface area contributed by atoms with Crippen molar-refractivity contribution in [3.8, 4) is 46.3 Å². The number of rotatable bonds is 3. The summed E-state index contributed by atoms with van der Waals surface area (Å²) < 4.78 is 2.17. The molecule has 0 aliphatic carbocycles. The summed E-state index contributed by atoms with van der Waals surface area (Å²) in [5.74, 6) is 1.78. The number of benzene rings is 5. The first kappa shape index (κ1) is 22.8. The van der Waals surface area contributed by atoms with Crippen LogP contribution >= 0.6 is 0 Å². The Morgan fingerprint density at radius 3 is 1.34 bits per heavy atom. The van der Waals surface area contributed by atoms with E-state index in [4.69, 9.17) is 15.0 Å². The van der Waals surface area contributed by atoms with Gasteiger partial charge in [-0.3, -0.25) is 0 Å². The number of hydrogen-bond donors (Lipinski definition) is 0. The molecule has 0 unspecified atom stereocenters. The van der Waals surface area contributed by atoms with Crippen molar-refractivity contribution < 1.29 is 0 Å². The maximum Gasteiger partial charge on any atom is 0.164 e. The summed E-state index contributed by atoms with van der Waals surface area (Å²) >= 11 is 0. The van der Waals surface area contributed by atoms with Crippen molar-refractivity contribution >= 4 is 38.1 Å². The minimum atomic E-state index is 0.576. The van der Waals surface area contributed by atoms with E-state index in [0.717, 1.165) is 54.8 Å². The maximum atomic E-state index is 9.63. The van der Waals surface area contributed by atoms with Crippen LogP contribution in [0.1, 0.15) is 11.1 Å². The van der Waals surface area contributed by atoms with Crippen LogP contribution in [0.3, 0.4) is 0 Å². The molecule has 0 aliphatic rings. The lowest BCUT2D eigenvalue weighted by Gasteiger charge is -2.09. The van der Waals surface area contributed by atoms with Gasteiger partial charge in [-0.15, -0.1) is 0 Å². The topological polar surface area (TPSA) is 90.7 Å². The molecule has 3 heterocycles. The van der Waals surface area contributed by atoms with Gasteiger partial charge in [0.2, 0.25) is 0 Å². The Balaban J connectivity index is 1.48. The first-order chi connectivity index (χ1) is 20.2. The van der Waals surface area contributed by atoms with Crippen molar-refractivity contribution in [1.29, 1.82) is 10.5 Å². The molecule has 0 N–H and O–H groups in total. The Morgan fingerprint density at radius 2 is 0.902 bits per heavy atom. The fourth-order valence-electron chi connectivity index (χ4n) is 5.75. The van der Waals surface area contributed by atoms with E-state index < -0.39 is 0 Å². The Labute approximate surface area is 234 Å². The standard InChI is InChI=1S/C35H18N6/c36-19-21-11-13-26-28-17-25(18-29-27-14-12-22(20-37)16-31(27)41(32(28)29)30(26)15-21)35-39-33(23-7-3-1-4-8-23)38-34(40-35)24-9-5-2-6-10-24/h1-18H. The van der Waals surface area contributed by atoms with Crippen LogP contribution in [0.2, 0.25) is 0 Å². The summed E-state index contributed by atoms with van der Waals surface area (Å²) in [7, 11) is 0. The van der Waals surface area contributed by atoms with Crippen molar-refractivity contribution in [2.24, 2.45) is 0 Å². The molecule has 0 spiro atoms. The van der Waals surface area contributed by atoms with Crippen molar-refractivity contribution in [2.45, 2.75) is 0 Å². The monoisotopic (exact) mass is 522 g/mol. The Bertz CT molecular complexity index is 2220. The highest BCUT2D eigenvalue weighted by molar-refractivity contribution is 6.24. The molecule has 8 rings (SSSR count). The average Bonchev–Trinajstić information content (AvgIpc) is 3.56. The molecule has 0 bridgehead atoms. The third kappa shape index (κ3) is 3.45. The molecule has 5 aromatic carbocycles. The van der Waals surface area contributed by atoms with Gasteiger partial charge in [0, 0.05) is 38.2 Å². The molecule has 0 saturated carbocycles. The van der Waals surface area contributed by atoms with Gasteiger partial charge in [0.05, 0.1) is 39.8 Å². The van der Waals surface area contributed by atoms with Gasteiger partial charge in [-0.25, -0.2) is 15.0 Å². The van der Waals surface area contributed by atoms with Crippen molar-refractivity contribution in [1.82, 2.24) is 19.4 Å². The highest BCUT2D eigenvalue weighted by Gasteiger charge is 2.21. The molecule has 0 atom stereocenters. The number of fused-ring (bicyclic) bond motifs is 6. The summed E-state index contributed by atoms with van der Waals surface area (Å²) in [4.78, 5) is 14.8. The molecule has 0 amide bonds. The molecule has 0 saturated heterocycles. The quantitative estimate of drug-likeness (QED) is 0.236. The van der Waals surface area contributed by atoms with Crippen molar-refractivity contribution in [3.63, 3.8) is 0 Å². The lowest BCUT2D eigenvalue weighted by Crippen LogP contribution is -2.00. The number of aromatic nitrogens is 4. The SMILES string of the molecule is N#Cc1ccc2c3cc(-c4nc(-c5ccccc5)nc(-c5ccccc5)n4)cc4c5ccc(C#N)cc5n(c2c1)c34. The van der Waals surface area contributed by atoms with Crippen LogP contribution in [-0.2, 0) is 0 Å². The van der Waals surface area contributed by atoms with E-state index in [0.29, 0.717) is 28.6 Å². The average molecular weight is 523 g/mol. The molecule has 0 radical (unpaired) electrons. The lowest BCUT2D eigenvalue weighted by atomic mass is 10.0. The zero-order chi connectivity index (χ0) is 27.5. The molecule has 188 valence electrons. The van der Waals surface area contributed by atoms with Gasteiger partial charge in [0.25, 0.3) is 0 Å². The van der Waals surface area contributed by atoms with Crippen LogP contribution in [0.15, 0.2) is 109 Å². The van der Waals surface area contributed by atoms with Gasteiger partial charge in [-0.1, -0.05) is 72.8 Å². The zero-order valence-electron chi connectivity index (χ0n) is 21.6. The minimum absolute atomic E-state index is 0.576. The molecule has 3 aromatic heterocycles. The Morgan fingerprint density at radius 1 is 0.463 bits per heavy atom. The third-order valence-electron chi connectivity index (χ3n) is 7.61. The summed E-state index contributed by atoms with van der Waals surface area (Å²) in [6.07, 6.45) is 0. The summed E-state index contributed by atoms with van der Waals surface area (Å²) in [6, 6.07) is 40.1. The first-order valence-electron chi connectivity index (χ1n) is 13.2. The fourth-order valence-corrected chi connectivity index (χ4v) is 5.75. The third-order valence-corrected chi connectivity index (χ3v) is 7.61. The second-order valence-corrected chi connectivity index (χ2v) is 9.98. The Kier molecular flexibility index (Phi) is 4.85. The van der Waals surface area contributed by atoms with Gasteiger partial charge in [0.15, 0.2) is 17.5 Å². The Hall–Kier alpha value is -6.11. The van der Waals surface area contributed by atoms with E-state index in [1.807, 2.05) is 97.1 Å². The van der Waals surface area contributed by atoms with Crippen molar-refractivity contribution in [3.05, 3.63) is 120 Å². The van der Waals surface area contributed by atoms with Crippen molar-refractivity contribution in [2.75, 3.05) is 0 Å². The van der Waals surface area contributed by atoms with Gasteiger partial charge in [-0.05, 0) is 36.4 Å². The molecule has 6 heteroatoms. The van der Waals surface area contributed by atoms with Crippen LogP contribution in [0.5, 0.6) is 0 Å². The predicted octanol–water partition coefficient (Wildman–Crippen LogP) is 7.77. The van der Waals surface area contributed by atoms with Gasteiger partial charge >= 0.3 is 0 Å². The predicted molar refractivity (Wildman–Crippen MR) is 160 cm³/mol. The highest BCUT2D eigenvalue weighted by Crippen LogP contribution is 2.42. The summed E-state index contributed by atoms with van der Waals surface area (Å²) in [5, 5.41) is 23.4. The van der Waals surface area contributed by atoms with E-state index in [-0.39, 0.29) is 0 Å². The molecule has 0 aliphatic heterocycles. The molecule has 41 heavy (non-hydrogen) atoms. The first-order valence-corrected chi connectivity index (χ1v) is 13.2. The second-order valence-electron chi connectivity index (χ2n) is 9.98. The number of nitrogens with zero attached hydrogens (tertiary/aromatic N) is 6. The van der Waals surface area contributed by atoms with E-state index in [2.05, 4.69) is 28.7 Å². The van der Waals surface area contributed by atoms with Gasteiger partial charge in [0.1, 0.15) is 0 Å². The van der Waals surface area contributed by atoms with Crippen LogP contribution in [0.25, 0.3) is 72.3 Å². The minimum Gasteiger partial charge on any atom is -0.308 e. The molecule has 6 nitrogen and oxygen atoms in total. The highest BCUT2D eigenvalue weighted by atomic mass is 15.0. The van der Waals surface area contributed by atoms with Crippen LogP contribution in [0, 0.1) is 22.7 Å². The van der Waals surface area contributed by atoms with E-state index >= 15 is 0 Å². The maximum absolute atomic E-state index is 9.63.